The van der Waals surface area contributed by atoms with Crippen molar-refractivity contribution in [2.75, 3.05) is 26.8 Å². The lowest BCUT2D eigenvalue weighted by molar-refractivity contribution is -0.130. The van der Waals surface area contributed by atoms with Crippen molar-refractivity contribution in [3.63, 3.8) is 0 Å². The molecule has 1 fully saturated rings. The summed E-state index contributed by atoms with van der Waals surface area (Å²) < 4.78 is 10.5. The number of rotatable bonds is 7. The number of hydrogen-bond donors (Lipinski definition) is 2. The summed E-state index contributed by atoms with van der Waals surface area (Å²) in [6, 6.07) is 0. The largest absolute Gasteiger partial charge is 0.376 e. The highest BCUT2D eigenvalue weighted by molar-refractivity contribution is 5.85. The zero-order valence-corrected chi connectivity index (χ0v) is 11.1. The molecule has 102 valence electrons. The van der Waals surface area contributed by atoms with Gasteiger partial charge >= 0.3 is 0 Å². The third-order valence-electron chi connectivity index (χ3n) is 2.85. The number of nitrogens with one attached hydrogen (secondary N) is 1. The molecule has 6 heteroatoms. The summed E-state index contributed by atoms with van der Waals surface area (Å²) in [6.07, 6.45) is 4.66. The molecule has 17 heavy (non-hydrogen) atoms. The normalized spacial score (nSPS) is 17.5. The molecule has 1 aliphatic rings. The van der Waals surface area contributed by atoms with Gasteiger partial charge in [0.15, 0.2) is 0 Å². The summed E-state index contributed by atoms with van der Waals surface area (Å²) in [4.78, 5) is 11.4. The molecule has 0 radical (unpaired) electrons. The summed E-state index contributed by atoms with van der Waals surface area (Å²) in [6.45, 7) is 1.29. The quantitative estimate of drug-likeness (QED) is 0.657. The van der Waals surface area contributed by atoms with Crippen LogP contribution in [0.15, 0.2) is 0 Å². The van der Waals surface area contributed by atoms with Crippen molar-refractivity contribution in [3.8, 4) is 0 Å². The van der Waals surface area contributed by atoms with Crippen molar-refractivity contribution in [2.24, 2.45) is 5.73 Å². The minimum absolute atomic E-state index is 0. The minimum atomic E-state index is -0.550. The molecule has 1 rings (SSSR count). The number of carbonyl (C=O) groups excluding carboxylic acids is 1. The van der Waals surface area contributed by atoms with E-state index in [-0.39, 0.29) is 24.9 Å². The first-order valence-corrected chi connectivity index (χ1v) is 5.90. The van der Waals surface area contributed by atoms with Crippen LogP contribution in [0.1, 0.15) is 25.7 Å². The second-order valence-electron chi connectivity index (χ2n) is 4.03. The predicted octanol–water partition coefficient (Wildman–Crippen LogP) is 0.457. The van der Waals surface area contributed by atoms with E-state index in [1.54, 1.807) is 0 Å². The number of methoxy groups -OCH3 is 1. The molecule has 0 aromatic heterocycles. The van der Waals surface area contributed by atoms with Gasteiger partial charge in [0.1, 0.15) is 6.10 Å². The Morgan fingerprint density at radius 1 is 1.47 bits per heavy atom. The molecule has 1 atom stereocenters. The fourth-order valence-corrected chi connectivity index (χ4v) is 1.88. The summed E-state index contributed by atoms with van der Waals surface area (Å²) in [7, 11) is 1.48. The van der Waals surface area contributed by atoms with Crippen LogP contribution >= 0.6 is 12.4 Å². The molecular weight excluding hydrogens is 244 g/mol. The van der Waals surface area contributed by atoms with E-state index >= 15 is 0 Å². The van der Waals surface area contributed by atoms with Crippen LogP contribution in [-0.2, 0) is 14.3 Å². The molecule has 0 heterocycles. The fraction of sp³-hybridized carbons (Fsp3) is 0.909. The lowest BCUT2D eigenvalue weighted by atomic mass is 10.3. The maximum atomic E-state index is 11.4. The lowest BCUT2D eigenvalue weighted by Crippen LogP contribution is -2.41. The Labute approximate surface area is 109 Å². The molecule has 0 bridgehead atoms. The van der Waals surface area contributed by atoms with Crippen molar-refractivity contribution in [1.82, 2.24) is 5.32 Å². The first-order valence-electron chi connectivity index (χ1n) is 5.90. The average molecular weight is 267 g/mol. The van der Waals surface area contributed by atoms with Crippen LogP contribution in [0, 0.1) is 0 Å². The van der Waals surface area contributed by atoms with E-state index < -0.39 is 6.10 Å². The highest BCUT2D eigenvalue weighted by Crippen LogP contribution is 2.20. The molecule has 1 saturated carbocycles. The second-order valence-corrected chi connectivity index (χ2v) is 4.03. The van der Waals surface area contributed by atoms with E-state index in [1.165, 1.54) is 20.0 Å². The molecule has 1 amide bonds. The van der Waals surface area contributed by atoms with E-state index in [9.17, 15) is 4.79 Å². The Hall–Kier alpha value is -0.360. The summed E-state index contributed by atoms with van der Waals surface area (Å²) in [5, 5.41) is 2.74. The Bertz CT molecular complexity index is 207. The first-order chi connectivity index (χ1) is 7.77. The van der Waals surface area contributed by atoms with E-state index in [0.29, 0.717) is 19.3 Å². The van der Waals surface area contributed by atoms with E-state index in [1.807, 2.05) is 0 Å². The van der Waals surface area contributed by atoms with Gasteiger partial charge in [-0.2, -0.15) is 0 Å². The van der Waals surface area contributed by atoms with Crippen LogP contribution in [-0.4, -0.2) is 44.9 Å². The number of nitrogens with two attached hydrogens (primary N) is 1. The van der Waals surface area contributed by atoms with E-state index in [2.05, 4.69) is 5.32 Å². The standard InChI is InChI=1S/C11H22N2O3.ClH/c1-15-10(8-12)11(14)13-6-7-16-9-4-2-3-5-9;/h9-10H,2-8,12H2,1H3,(H,13,14);1H. The van der Waals surface area contributed by atoms with Gasteiger partial charge in [-0.1, -0.05) is 12.8 Å². The summed E-state index contributed by atoms with van der Waals surface area (Å²) in [5.74, 6) is -0.167. The molecule has 0 aliphatic heterocycles. The van der Waals surface area contributed by atoms with Gasteiger partial charge < -0.3 is 20.5 Å². The van der Waals surface area contributed by atoms with Crippen molar-refractivity contribution in [2.45, 2.75) is 37.9 Å². The van der Waals surface area contributed by atoms with Crippen molar-refractivity contribution < 1.29 is 14.3 Å². The van der Waals surface area contributed by atoms with Crippen molar-refractivity contribution in [3.05, 3.63) is 0 Å². The van der Waals surface area contributed by atoms with Gasteiger partial charge in [-0.05, 0) is 12.8 Å². The van der Waals surface area contributed by atoms with Gasteiger partial charge in [0, 0.05) is 20.2 Å². The molecule has 0 aromatic rings. The maximum Gasteiger partial charge on any atom is 0.250 e. The average Bonchev–Trinajstić information content (AvgIpc) is 2.79. The summed E-state index contributed by atoms with van der Waals surface area (Å²) >= 11 is 0. The van der Waals surface area contributed by atoms with Gasteiger partial charge in [-0.15, -0.1) is 12.4 Å². The fourth-order valence-electron chi connectivity index (χ4n) is 1.88. The third-order valence-corrected chi connectivity index (χ3v) is 2.85. The molecular formula is C11H23ClN2O3. The molecule has 3 N–H and O–H groups in total. The molecule has 0 saturated heterocycles. The summed E-state index contributed by atoms with van der Waals surface area (Å²) in [5.41, 5.74) is 5.37. The minimum Gasteiger partial charge on any atom is -0.376 e. The number of hydrogen-bond acceptors (Lipinski definition) is 4. The Morgan fingerprint density at radius 3 is 2.65 bits per heavy atom. The smallest absolute Gasteiger partial charge is 0.250 e. The van der Waals surface area contributed by atoms with Crippen LogP contribution in [0.3, 0.4) is 0 Å². The van der Waals surface area contributed by atoms with Crippen LogP contribution < -0.4 is 11.1 Å². The zero-order valence-electron chi connectivity index (χ0n) is 10.3. The van der Waals surface area contributed by atoms with Crippen LogP contribution in [0.2, 0.25) is 0 Å². The monoisotopic (exact) mass is 266 g/mol. The zero-order chi connectivity index (χ0) is 11.8. The number of carbonyl (C=O) groups is 1. The lowest BCUT2D eigenvalue weighted by Gasteiger charge is -2.14. The number of ether oxygens (including phenoxy) is 2. The van der Waals surface area contributed by atoms with Gasteiger partial charge in [-0.3, -0.25) is 4.79 Å². The Morgan fingerprint density at radius 2 is 2.12 bits per heavy atom. The maximum absolute atomic E-state index is 11.4. The second kappa shape index (κ2) is 9.65. The van der Waals surface area contributed by atoms with E-state index in [4.69, 9.17) is 15.2 Å². The van der Waals surface area contributed by atoms with Crippen LogP contribution in [0.4, 0.5) is 0 Å². The third kappa shape index (κ3) is 6.21. The SMILES string of the molecule is COC(CN)C(=O)NCCOC1CCCC1.Cl. The molecule has 0 aromatic carbocycles. The Balaban J connectivity index is 0.00000256. The van der Waals surface area contributed by atoms with Gasteiger partial charge in [0.05, 0.1) is 12.7 Å². The van der Waals surface area contributed by atoms with Gasteiger partial charge in [0.25, 0.3) is 5.91 Å². The highest BCUT2D eigenvalue weighted by Gasteiger charge is 2.16. The van der Waals surface area contributed by atoms with Crippen molar-refractivity contribution in [1.29, 1.82) is 0 Å². The van der Waals surface area contributed by atoms with Crippen LogP contribution in [0.5, 0.6) is 0 Å². The molecule has 0 spiro atoms. The van der Waals surface area contributed by atoms with E-state index in [0.717, 1.165) is 12.8 Å². The first kappa shape index (κ1) is 16.6. The van der Waals surface area contributed by atoms with Gasteiger partial charge in [0.2, 0.25) is 0 Å². The van der Waals surface area contributed by atoms with Crippen LogP contribution in [0.25, 0.3) is 0 Å². The predicted molar refractivity (Wildman–Crippen MR) is 68.3 cm³/mol. The Kier molecular flexibility index (Phi) is 9.44. The number of halogens is 1. The molecule has 5 nitrogen and oxygen atoms in total. The number of amides is 1. The molecule has 1 unspecified atom stereocenters. The topological polar surface area (TPSA) is 73.6 Å². The van der Waals surface area contributed by atoms with Crippen molar-refractivity contribution >= 4 is 18.3 Å². The highest BCUT2D eigenvalue weighted by atomic mass is 35.5. The molecule has 1 aliphatic carbocycles. The van der Waals surface area contributed by atoms with Gasteiger partial charge in [-0.25, -0.2) is 0 Å².